The van der Waals surface area contributed by atoms with E-state index in [2.05, 4.69) is 0 Å². The molecule has 4 N–H and O–H groups in total. The second-order valence-corrected chi connectivity index (χ2v) is 4.28. The molecule has 0 aliphatic rings. The zero-order valence-corrected chi connectivity index (χ0v) is 10.2. The minimum Gasteiger partial charge on any atom is -0.491 e. The number of amides is 1. The Morgan fingerprint density at radius 3 is 2.61 bits per heavy atom. The van der Waals surface area contributed by atoms with Crippen molar-refractivity contribution in [3.8, 4) is 5.75 Å². The van der Waals surface area contributed by atoms with Gasteiger partial charge < -0.3 is 16.2 Å². The maximum absolute atomic E-state index is 11.0. The number of aryl methyl sites for hydroxylation is 1. The average molecular weight is 253 g/mol. The molecule has 1 atom stereocenters. The Bertz CT molecular complexity index is 485. The van der Waals surface area contributed by atoms with E-state index in [1.807, 2.05) is 0 Å². The van der Waals surface area contributed by atoms with Gasteiger partial charge in [-0.15, -0.1) is 0 Å². The van der Waals surface area contributed by atoms with Crippen LogP contribution in [0.3, 0.4) is 0 Å². The van der Waals surface area contributed by atoms with E-state index >= 15 is 0 Å². The number of carbonyl (C=O) groups is 1. The maximum atomic E-state index is 11.0. The highest BCUT2D eigenvalue weighted by molar-refractivity contribution is 5.84. The van der Waals surface area contributed by atoms with Gasteiger partial charge in [-0.2, -0.15) is 0 Å². The van der Waals surface area contributed by atoms with Gasteiger partial charge in [-0.1, -0.05) is 0 Å². The van der Waals surface area contributed by atoms with Gasteiger partial charge in [0.25, 0.3) is 5.69 Å². The highest BCUT2D eigenvalue weighted by Gasteiger charge is 2.26. The van der Waals surface area contributed by atoms with Crippen molar-refractivity contribution in [1.82, 2.24) is 0 Å². The fourth-order valence-electron chi connectivity index (χ4n) is 1.23. The van der Waals surface area contributed by atoms with Crippen molar-refractivity contribution >= 4 is 11.6 Å². The van der Waals surface area contributed by atoms with Crippen molar-refractivity contribution in [2.75, 3.05) is 6.61 Å². The second-order valence-electron chi connectivity index (χ2n) is 4.28. The topological polar surface area (TPSA) is 121 Å². The average Bonchev–Trinajstić information content (AvgIpc) is 2.25. The maximum Gasteiger partial charge on any atom is 0.272 e. The quantitative estimate of drug-likeness (QED) is 0.584. The molecule has 18 heavy (non-hydrogen) atoms. The summed E-state index contributed by atoms with van der Waals surface area (Å²) in [6, 6.07) is 4.29. The van der Waals surface area contributed by atoms with Crippen LogP contribution in [0.15, 0.2) is 18.2 Å². The first-order chi connectivity index (χ1) is 8.24. The van der Waals surface area contributed by atoms with E-state index in [-0.39, 0.29) is 12.3 Å². The van der Waals surface area contributed by atoms with E-state index in [1.165, 1.54) is 25.1 Å². The Morgan fingerprint density at radius 1 is 1.56 bits per heavy atom. The van der Waals surface area contributed by atoms with E-state index in [1.54, 1.807) is 6.92 Å². The van der Waals surface area contributed by atoms with Crippen LogP contribution in [-0.2, 0) is 4.79 Å². The summed E-state index contributed by atoms with van der Waals surface area (Å²) in [7, 11) is 0. The summed E-state index contributed by atoms with van der Waals surface area (Å²) in [4.78, 5) is 21.1. The molecule has 98 valence electrons. The number of nitrogens with zero attached hydrogens (tertiary/aromatic N) is 1. The third-order valence-corrected chi connectivity index (χ3v) is 2.47. The van der Waals surface area contributed by atoms with Crippen LogP contribution in [0.5, 0.6) is 5.75 Å². The van der Waals surface area contributed by atoms with Crippen molar-refractivity contribution in [1.29, 1.82) is 0 Å². The monoisotopic (exact) mass is 253 g/mol. The summed E-state index contributed by atoms with van der Waals surface area (Å²) in [6.07, 6.45) is 0. The molecule has 1 aromatic carbocycles. The molecular weight excluding hydrogens is 238 g/mol. The molecule has 7 nitrogen and oxygen atoms in total. The number of carbonyl (C=O) groups excluding carboxylic acids is 1. The molecule has 0 saturated carbocycles. The highest BCUT2D eigenvalue weighted by atomic mass is 16.6. The van der Waals surface area contributed by atoms with E-state index in [4.69, 9.17) is 16.2 Å². The number of nitro groups is 1. The zero-order chi connectivity index (χ0) is 13.9. The molecule has 0 aliphatic carbocycles. The Morgan fingerprint density at radius 2 is 2.17 bits per heavy atom. The van der Waals surface area contributed by atoms with Gasteiger partial charge in [0.1, 0.15) is 17.9 Å². The molecule has 0 aliphatic heterocycles. The summed E-state index contributed by atoms with van der Waals surface area (Å²) < 4.78 is 5.30. The molecule has 0 radical (unpaired) electrons. The zero-order valence-electron chi connectivity index (χ0n) is 10.2. The lowest BCUT2D eigenvalue weighted by atomic mass is 10.1. The van der Waals surface area contributed by atoms with Gasteiger partial charge in [-0.3, -0.25) is 14.9 Å². The van der Waals surface area contributed by atoms with Crippen LogP contribution in [0.25, 0.3) is 0 Å². The van der Waals surface area contributed by atoms with Crippen LogP contribution in [-0.4, -0.2) is 23.0 Å². The van der Waals surface area contributed by atoms with Crippen LogP contribution in [0.1, 0.15) is 12.5 Å². The predicted molar refractivity (Wildman–Crippen MR) is 65.1 cm³/mol. The van der Waals surface area contributed by atoms with E-state index in [0.29, 0.717) is 11.3 Å². The number of nitro benzene ring substituents is 1. The van der Waals surface area contributed by atoms with Gasteiger partial charge in [-0.25, -0.2) is 0 Å². The van der Waals surface area contributed by atoms with E-state index in [9.17, 15) is 14.9 Å². The lowest BCUT2D eigenvalue weighted by molar-refractivity contribution is -0.385. The Balaban J connectivity index is 2.79. The van der Waals surface area contributed by atoms with Gasteiger partial charge in [0.2, 0.25) is 5.91 Å². The standard InChI is InChI=1S/C11H15N3O4/c1-7-5-8(3-4-9(7)14(16)17)18-6-11(2,13)10(12)15/h3-5H,6,13H2,1-2H3,(H2,12,15). The molecule has 0 fully saturated rings. The molecule has 1 rings (SSSR count). The molecule has 0 aromatic heterocycles. The SMILES string of the molecule is Cc1cc(OCC(C)(N)C(N)=O)ccc1[N+](=O)[O-]. The van der Waals surface area contributed by atoms with Crippen LogP contribution in [0, 0.1) is 17.0 Å². The summed E-state index contributed by atoms with van der Waals surface area (Å²) in [5.74, 6) is -0.280. The molecule has 1 amide bonds. The van der Waals surface area contributed by atoms with Crippen molar-refractivity contribution in [2.24, 2.45) is 11.5 Å². The number of hydrogen-bond donors (Lipinski definition) is 2. The summed E-state index contributed by atoms with van der Waals surface area (Å²) in [5, 5.41) is 10.6. The number of hydrogen-bond acceptors (Lipinski definition) is 5. The number of benzene rings is 1. The van der Waals surface area contributed by atoms with Gasteiger partial charge in [0.15, 0.2) is 0 Å². The minimum absolute atomic E-state index is 0.00719. The number of nitrogens with two attached hydrogens (primary N) is 2. The Kier molecular flexibility index (Phi) is 3.87. The second kappa shape index (κ2) is 5.01. The van der Waals surface area contributed by atoms with E-state index < -0.39 is 16.4 Å². The largest absolute Gasteiger partial charge is 0.491 e. The lowest BCUT2D eigenvalue weighted by Gasteiger charge is -2.20. The lowest BCUT2D eigenvalue weighted by Crippen LogP contribution is -2.53. The first-order valence-electron chi connectivity index (χ1n) is 5.20. The fraction of sp³-hybridized carbons (Fsp3) is 0.364. The Labute approximate surface area is 104 Å². The van der Waals surface area contributed by atoms with Gasteiger partial charge in [0, 0.05) is 11.6 Å². The van der Waals surface area contributed by atoms with Crippen LogP contribution in [0.4, 0.5) is 5.69 Å². The molecule has 0 saturated heterocycles. The number of primary amides is 1. The first kappa shape index (κ1) is 13.9. The highest BCUT2D eigenvalue weighted by Crippen LogP contribution is 2.23. The van der Waals surface area contributed by atoms with E-state index in [0.717, 1.165) is 0 Å². The van der Waals surface area contributed by atoms with Crippen molar-refractivity contribution in [3.05, 3.63) is 33.9 Å². The predicted octanol–water partition coefficient (Wildman–Crippen LogP) is 0.485. The third kappa shape index (κ3) is 3.17. The van der Waals surface area contributed by atoms with Gasteiger partial charge in [0.05, 0.1) is 4.92 Å². The third-order valence-electron chi connectivity index (χ3n) is 2.47. The molecular formula is C11H15N3O4. The minimum atomic E-state index is -1.28. The van der Waals surface area contributed by atoms with Crippen LogP contribution < -0.4 is 16.2 Å². The fourth-order valence-corrected chi connectivity index (χ4v) is 1.23. The molecule has 7 heteroatoms. The normalized spacial score (nSPS) is 13.7. The van der Waals surface area contributed by atoms with Gasteiger partial charge >= 0.3 is 0 Å². The van der Waals surface area contributed by atoms with Gasteiger partial charge in [-0.05, 0) is 26.0 Å². The summed E-state index contributed by atoms with van der Waals surface area (Å²) >= 11 is 0. The Hall–Kier alpha value is -2.15. The van der Waals surface area contributed by atoms with Crippen LogP contribution >= 0.6 is 0 Å². The van der Waals surface area contributed by atoms with Crippen LogP contribution in [0.2, 0.25) is 0 Å². The summed E-state index contributed by atoms with van der Waals surface area (Å²) in [5.41, 5.74) is 9.90. The first-order valence-corrected chi connectivity index (χ1v) is 5.20. The van der Waals surface area contributed by atoms with Crippen molar-refractivity contribution in [3.63, 3.8) is 0 Å². The molecule has 0 heterocycles. The van der Waals surface area contributed by atoms with Crippen molar-refractivity contribution in [2.45, 2.75) is 19.4 Å². The van der Waals surface area contributed by atoms with Crippen molar-refractivity contribution < 1.29 is 14.5 Å². The molecule has 1 unspecified atom stereocenters. The molecule has 1 aromatic rings. The molecule has 0 spiro atoms. The number of rotatable bonds is 5. The smallest absolute Gasteiger partial charge is 0.272 e. The number of ether oxygens (including phenoxy) is 1. The molecule has 0 bridgehead atoms. The summed E-state index contributed by atoms with van der Waals surface area (Å²) in [6.45, 7) is 2.95.